The van der Waals surface area contributed by atoms with Gasteiger partial charge in [0.25, 0.3) is 10.0 Å². The first-order valence-electron chi connectivity index (χ1n) is 6.60. The van der Waals surface area contributed by atoms with E-state index < -0.39 is 10.0 Å². The molecule has 0 bridgehead atoms. The summed E-state index contributed by atoms with van der Waals surface area (Å²) >= 11 is 0.718. The second-order valence-corrected chi connectivity index (χ2v) is 8.20. The van der Waals surface area contributed by atoms with Crippen LogP contribution in [-0.4, -0.2) is 43.5 Å². The molecule has 6 nitrogen and oxygen atoms in total. The summed E-state index contributed by atoms with van der Waals surface area (Å²) < 4.78 is 26.8. The summed E-state index contributed by atoms with van der Waals surface area (Å²) in [5.74, 6) is 0. The predicted molar refractivity (Wildman–Crippen MR) is 81.8 cm³/mol. The highest BCUT2D eigenvalue weighted by Crippen LogP contribution is 2.15. The highest BCUT2D eigenvalue weighted by molar-refractivity contribution is 7.91. The molecule has 0 saturated carbocycles. The number of aryl methyl sites for hydroxylation is 1. The summed E-state index contributed by atoms with van der Waals surface area (Å²) in [6.45, 7) is 10.9. The predicted octanol–water partition coefficient (Wildman–Crippen LogP) is 1.14. The van der Waals surface area contributed by atoms with Crippen molar-refractivity contribution in [3.05, 3.63) is 15.4 Å². The summed E-state index contributed by atoms with van der Waals surface area (Å²) in [6, 6.07) is 0.703. The molecule has 0 unspecified atom stereocenters. The van der Waals surface area contributed by atoms with Crippen LogP contribution in [-0.2, 0) is 10.0 Å². The molecule has 0 aliphatic carbocycles. The average molecular weight is 321 g/mol. The Morgan fingerprint density at radius 3 is 2.20 bits per heavy atom. The van der Waals surface area contributed by atoms with Crippen LogP contribution in [0.4, 0.5) is 0 Å². The normalized spacial score (nSPS) is 12.8. The fraction of sp³-hybridized carbons (Fsp3) is 0.750. The van der Waals surface area contributed by atoms with Crippen molar-refractivity contribution >= 4 is 21.4 Å². The SMILES string of the molecule is Cc1[nH]c(=O)sc1S(=O)(=O)NCCN(C(C)C)C(C)C. The number of aromatic amines is 1. The lowest BCUT2D eigenvalue weighted by Crippen LogP contribution is -2.42. The van der Waals surface area contributed by atoms with Crippen LogP contribution in [0.3, 0.4) is 0 Å². The van der Waals surface area contributed by atoms with Crippen LogP contribution >= 0.6 is 11.3 Å². The summed E-state index contributed by atoms with van der Waals surface area (Å²) in [6.07, 6.45) is 0. The molecular weight excluding hydrogens is 298 g/mol. The maximum Gasteiger partial charge on any atom is 0.305 e. The molecule has 2 N–H and O–H groups in total. The van der Waals surface area contributed by atoms with Crippen molar-refractivity contribution in [1.29, 1.82) is 0 Å². The molecule has 0 spiro atoms. The number of nitrogens with zero attached hydrogens (tertiary/aromatic N) is 1. The third-order valence-corrected chi connectivity index (χ3v) is 6.08. The molecule has 0 atom stereocenters. The standard InChI is InChI=1S/C12H23N3O3S2/c1-8(2)15(9(3)4)7-6-13-20(17,18)11-10(5)14-12(16)19-11/h8-9,13H,6-7H2,1-5H3,(H,14,16). The Morgan fingerprint density at radius 1 is 1.25 bits per heavy atom. The summed E-state index contributed by atoms with van der Waals surface area (Å²) in [4.78, 5) is 15.5. The molecule has 20 heavy (non-hydrogen) atoms. The first-order chi connectivity index (χ1) is 9.15. The van der Waals surface area contributed by atoms with Gasteiger partial charge in [0.1, 0.15) is 0 Å². The van der Waals surface area contributed by atoms with Crippen molar-refractivity contribution in [3.63, 3.8) is 0 Å². The monoisotopic (exact) mass is 321 g/mol. The van der Waals surface area contributed by atoms with Gasteiger partial charge in [-0.25, -0.2) is 13.1 Å². The van der Waals surface area contributed by atoms with E-state index in [1.807, 2.05) is 0 Å². The van der Waals surface area contributed by atoms with Gasteiger partial charge in [-0.15, -0.1) is 0 Å². The molecule has 1 heterocycles. The van der Waals surface area contributed by atoms with Crippen LogP contribution in [0.5, 0.6) is 0 Å². The van der Waals surface area contributed by atoms with Crippen molar-refractivity contribution in [1.82, 2.24) is 14.6 Å². The van der Waals surface area contributed by atoms with E-state index in [1.165, 1.54) is 0 Å². The number of aromatic nitrogens is 1. The maximum atomic E-state index is 12.1. The van der Waals surface area contributed by atoms with Gasteiger partial charge in [0.15, 0.2) is 4.21 Å². The van der Waals surface area contributed by atoms with Gasteiger partial charge >= 0.3 is 4.87 Å². The summed E-state index contributed by atoms with van der Waals surface area (Å²) in [5, 5.41) is 0. The highest BCUT2D eigenvalue weighted by Gasteiger charge is 2.21. The van der Waals surface area contributed by atoms with Crippen LogP contribution in [0.1, 0.15) is 33.4 Å². The van der Waals surface area contributed by atoms with Crippen molar-refractivity contribution < 1.29 is 8.42 Å². The zero-order valence-corrected chi connectivity index (χ0v) is 14.2. The van der Waals surface area contributed by atoms with Gasteiger partial charge in [0, 0.05) is 30.9 Å². The zero-order chi connectivity index (χ0) is 15.5. The minimum atomic E-state index is -3.61. The van der Waals surface area contributed by atoms with Crippen LogP contribution in [0, 0.1) is 6.92 Å². The Balaban J connectivity index is 2.70. The molecule has 0 aliphatic heterocycles. The molecule has 1 aromatic rings. The van der Waals surface area contributed by atoms with Gasteiger partial charge in [0.05, 0.1) is 0 Å². The van der Waals surface area contributed by atoms with Crippen LogP contribution in [0.15, 0.2) is 9.00 Å². The molecular formula is C12H23N3O3S2. The number of hydrogen-bond acceptors (Lipinski definition) is 5. The largest absolute Gasteiger partial charge is 0.315 e. The first-order valence-corrected chi connectivity index (χ1v) is 8.90. The van der Waals surface area contributed by atoms with Crippen LogP contribution in [0.2, 0.25) is 0 Å². The second kappa shape index (κ2) is 6.84. The van der Waals surface area contributed by atoms with E-state index in [2.05, 4.69) is 42.3 Å². The minimum absolute atomic E-state index is 0.0724. The summed E-state index contributed by atoms with van der Waals surface area (Å²) in [5.41, 5.74) is 0.386. The Bertz CT molecular complexity index is 579. The fourth-order valence-corrected chi connectivity index (χ4v) is 4.50. The Labute approximate surface area is 124 Å². The van der Waals surface area contributed by atoms with E-state index in [4.69, 9.17) is 0 Å². The molecule has 0 saturated heterocycles. The van der Waals surface area contributed by atoms with Crippen LogP contribution < -0.4 is 9.60 Å². The molecule has 0 radical (unpaired) electrons. The third-order valence-electron chi connectivity index (χ3n) is 3.01. The first kappa shape index (κ1) is 17.4. The number of rotatable bonds is 7. The quantitative estimate of drug-likeness (QED) is 0.789. The third kappa shape index (κ3) is 4.41. The van der Waals surface area contributed by atoms with Gasteiger partial charge in [-0.1, -0.05) is 11.3 Å². The average Bonchev–Trinajstić information content (AvgIpc) is 2.63. The smallest absolute Gasteiger partial charge is 0.305 e. The van der Waals surface area contributed by atoms with E-state index in [9.17, 15) is 13.2 Å². The minimum Gasteiger partial charge on any atom is -0.315 e. The van der Waals surface area contributed by atoms with Crippen molar-refractivity contribution in [2.45, 2.75) is 50.9 Å². The van der Waals surface area contributed by atoms with Crippen LogP contribution in [0.25, 0.3) is 0 Å². The molecule has 1 aromatic heterocycles. The molecule has 0 fully saturated rings. The van der Waals surface area contributed by atoms with Gasteiger partial charge in [0.2, 0.25) is 0 Å². The maximum absolute atomic E-state index is 12.1. The lowest BCUT2D eigenvalue weighted by atomic mass is 10.2. The van der Waals surface area contributed by atoms with Crippen molar-refractivity contribution in [2.24, 2.45) is 0 Å². The Kier molecular flexibility index (Phi) is 5.93. The van der Waals surface area contributed by atoms with Crippen molar-refractivity contribution in [3.8, 4) is 0 Å². The van der Waals surface area contributed by atoms with Gasteiger partial charge in [-0.2, -0.15) is 0 Å². The Hall–Kier alpha value is -0.700. The summed E-state index contributed by atoms with van der Waals surface area (Å²) in [7, 11) is -3.61. The van der Waals surface area contributed by atoms with E-state index >= 15 is 0 Å². The fourth-order valence-electron chi connectivity index (χ4n) is 2.13. The second-order valence-electron chi connectivity index (χ2n) is 5.25. The zero-order valence-electron chi connectivity index (χ0n) is 12.6. The number of H-pyrrole nitrogens is 1. The molecule has 1 rings (SSSR count). The van der Waals surface area contributed by atoms with E-state index in [0.29, 0.717) is 30.9 Å². The molecule has 0 aliphatic rings. The Morgan fingerprint density at radius 2 is 1.80 bits per heavy atom. The number of nitrogens with one attached hydrogen (secondary N) is 2. The lowest BCUT2D eigenvalue weighted by molar-refractivity contribution is 0.179. The molecule has 0 aromatic carbocycles. The van der Waals surface area contributed by atoms with Crippen molar-refractivity contribution in [2.75, 3.05) is 13.1 Å². The number of sulfonamides is 1. The number of hydrogen-bond donors (Lipinski definition) is 2. The van der Waals surface area contributed by atoms with Gasteiger partial charge < -0.3 is 4.98 Å². The van der Waals surface area contributed by atoms with E-state index in [0.717, 1.165) is 11.3 Å². The van der Waals surface area contributed by atoms with Gasteiger partial charge in [-0.05, 0) is 34.6 Å². The van der Waals surface area contributed by atoms with Gasteiger partial charge in [-0.3, -0.25) is 9.69 Å². The molecule has 0 amide bonds. The lowest BCUT2D eigenvalue weighted by Gasteiger charge is -2.30. The molecule has 8 heteroatoms. The topological polar surface area (TPSA) is 82.3 Å². The highest BCUT2D eigenvalue weighted by atomic mass is 32.2. The van der Waals surface area contributed by atoms with E-state index in [1.54, 1.807) is 6.92 Å². The molecule has 116 valence electrons. The number of thiazole rings is 1. The van der Waals surface area contributed by atoms with E-state index in [-0.39, 0.29) is 9.08 Å².